The minimum atomic E-state index is 0.348. The van der Waals surface area contributed by atoms with E-state index in [4.69, 9.17) is 0 Å². The van der Waals surface area contributed by atoms with Crippen molar-refractivity contribution < 1.29 is 4.79 Å². The number of nitrogens with zero attached hydrogens (tertiary/aromatic N) is 3. The largest absolute Gasteiger partial charge is 0.341 e. The summed E-state index contributed by atoms with van der Waals surface area (Å²) >= 11 is 0. The van der Waals surface area contributed by atoms with E-state index in [1.165, 1.54) is 90.4 Å². The Hall–Kier alpha value is -0.610. The number of piperidine rings is 2. The molecule has 2 aliphatic carbocycles. The van der Waals surface area contributed by atoms with E-state index in [9.17, 15) is 4.79 Å². The van der Waals surface area contributed by atoms with Crippen LogP contribution in [0.1, 0.15) is 77.0 Å². The Morgan fingerprint density at radius 3 is 2.30 bits per heavy atom. The molecule has 0 aromatic carbocycles. The van der Waals surface area contributed by atoms with E-state index in [1.54, 1.807) is 0 Å². The molecule has 27 heavy (non-hydrogen) atoms. The first-order valence-corrected chi connectivity index (χ1v) is 12.0. The van der Waals surface area contributed by atoms with Gasteiger partial charge in [0.15, 0.2) is 0 Å². The second-order valence-electron chi connectivity index (χ2n) is 9.76. The molecule has 2 saturated heterocycles. The van der Waals surface area contributed by atoms with Crippen LogP contribution in [0.2, 0.25) is 0 Å². The van der Waals surface area contributed by atoms with Crippen molar-refractivity contribution in [2.75, 3.05) is 45.8 Å². The molecule has 1 unspecified atom stereocenters. The molecule has 0 bridgehead atoms. The zero-order chi connectivity index (χ0) is 18.5. The molecular formula is C23H41N3O. The number of hydrogen-bond donors (Lipinski definition) is 0. The zero-order valence-corrected chi connectivity index (χ0v) is 17.4. The average Bonchev–Trinajstić information content (AvgIpc) is 3.19. The van der Waals surface area contributed by atoms with E-state index in [0.717, 1.165) is 38.5 Å². The van der Waals surface area contributed by atoms with Crippen LogP contribution in [0.5, 0.6) is 0 Å². The van der Waals surface area contributed by atoms with E-state index in [1.807, 2.05) is 0 Å². The molecule has 0 radical (unpaired) electrons. The van der Waals surface area contributed by atoms with Crippen LogP contribution in [0.15, 0.2) is 0 Å². The van der Waals surface area contributed by atoms with Gasteiger partial charge in [-0.05, 0) is 76.9 Å². The van der Waals surface area contributed by atoms with Crippen molar-refractivity contribution in [2.45, 2.75) is 83.1 Å². The molecule has 0 aromatic rings. The Morgan fingerprint density at radius 1 is 0.815 bits per heavy atom. The molecule has 4 rings (SSSR count). The van der Waals surface area contributed by atoms with Gasteiger partial charge < -0.3 is 14.7 Å². The minimum Gasteiger partial charge on any atom is -0.341 e. The van der Waals surface area contributed by atoms with Gasteiger partial charge in [0.05, 0.1) is 0 Å². The molecule has 4 aliphatic rings. The second kappa shape index (κ2) is 9.73. The van der Waals surface area contributed by atoms with Gasteiger partial charge in [0.1, 0.15) is 0 Å². The molecule has 2 saturated carbocycles. The zero-order valence-electron chi connectivity index (χ0n) is 17.4. The fraction of sp³-hybridized carbons (Fsp3) is 0.957. The van der Waals surface area contributed by atoms with Crippen molar-refractivity contribution in [3.05, 3.63) is 0 Å². The Balaban J connectivity index is 1.31. The van der Waals surface area contributed by atoms with Crippen molar-refractivity contribution in [3.8, 4) is 0 Å². The fourth-order valence-electron chi connectivity index (χ4n) is 5.81. The van der Waals surface area contributed by atoms with Crippen molar-refractivity contribution in [3.63, 3.8) is 0 Å². The number of carbonyl (C=O) groups excluding carboxylic acids is 1. The molecule has 4 fully saturated rings. The summed E-state index contributed by atoms with van der Waals surface area (Å²) in [4.78, 5) is 20.8. The smallest absolute Gasteiger partial charge is 0.225 e. The molecule has 2 heterocycles. The van der Waals surface area contributed by atoms with Crippen molar-refractivity contribution in [1.29, 1.82) is 0 Å². The summed E-state index contributed by atoms with van der Waals surface area (Å²) in [6, 6.07) is 0.844. The normalized spacial score (nSPS) is 29.0. The third-order valence-corrected chi connectivity index (χ3v) is 7.77. The molecule has 0 aromatic heterocycles. The summed E-state index contributed by atoms with van der Waals surface area (Å²) in [6.45, 7) is 8.10. The molecule has 0 N–H and O–H groups in total. The van der Waals surface area contributed by atoms with Gasteiger partial charge in [0.25, 0.3) is 0 Å². The molecule has 4 nitrogen and oxygen atoms in total. The van der Waals surface area contributed by atoms with E-state index in [2.05, 4.69) is 14.7 Å². The summed E-state index contributed by atoms with van der Waals surface area (Å²) in [6.07, 6.45) is 15.9. The maximum absolute atomic E-state index is 13.1. The highest BCUT2D eigenvalue weighted by atomic mass is 16.2. The predicted octanol–water partition coefficient (Wildman–Crippen LogP) is 3.76. The lowest BCUT2D eigenvalue weighted by Crippen LogP contribution is -2.49. The lowest BCUT2D eigenvalue weighted by atomic mass is 9.84. The Bertz CT molecular complexity index is 466. The van der Waals surface area contributed by atoms with Crippen LogP contribution < -0.4 is 0 Å². The van der Waals surface area contributed by atoms with Crippen molar-refractivity contribution in [1.82, 2.24) is 14.7 Å². The lowest BCUT2D eigenvalue weighted by molar-refractivity contribution is -0.139. The van der Waals surface area contributed by atoms with Gasteiger partial charge in [0.2, 0.25) is 5.91 Å². The van der Waals surface area contributed by atoms with E-state index < -0.39 is 0 Å². The summed E-state index contributed by atoms with van der Waals surface area (Å²) < 4.78 is 0. The topological polar surface area (TPSA) is 26.8 Å². The molecule has 1 amide bonds. The SMILES string of the molecule is O=C(C1CCC1)N(CCN1CCCCC1)CC1CCCN(C2CCCC2)C1. The molecule has 0 spiro atoms. The Labute approximate surface area is 166 Å². The first-order valence-electron chi connectivity index (χ1n) is 12.0. The molecular weight excluding hydrogens is 334 g/mol. The fourth-order valence-corrected chi connectivity index (χ4v) is 5.81. The third-order valence-electron chi connectivity index (χ3n) is 7.77. The van der Waals surface area contributed by atoms with Gasteiger partial charge >= 0.3 is 0 Å². The third kappa shape index (κ3) is 5.26. The average molecular weight is 376 g/mol. The summed E-state index contributed by atoms with van der Waals surface area (Å²) in [5.41, 5.74) is 0. The van der Waals surface area contributed by atoms with Crippen LogP contribution in [-0.2, 0) is 4.79 Å². The highest BCUT2D eigenvalue weighted by molar-refractivity contribution is 5.79. The maximum Gasteiger partial charge on any atom is 0.225 e. The van der Waals surface area contributed by atoms with Gasteiger partial charge in [-0.2, -0.15) is 0 Å². The second-order valence-corrected chi connectivity index (χ2v) is 9.76. The highest BCUT2D eigenvalue weighted by Gasteiger charge is 2.33. The van der Waals surface area contributed by atoms with Crippen LogP contribution in [0.25, 0.3) is 0 Å². The van der Waals surface area contributed by atoms with Crippen LogP contribution in [0.3, 0.4) is 0 Å². The number of amides is 1. The lowest BCUT2D eigenvalue weighted by Gasteiger charge is -2.40. The number of rotatable bonds is 7. The monoisotopic (exact) mass is 375 g/mol. The van der Waals surface area contributed by atoms with Gasteiger partial charge in [-0.25, -0.2) is 0 Å². The number of carbonyl (C=O) groups is 1. The predicted molar refractivity (Wildman–Crippen MR) is 111 cm³/mol. The Kier molecular flexibility index (Phi) is 7.10. The highest BCUT2D eigenvalue weighted by Crippen LogP contribution is 2.31. The van der Waals surface area contributed by atoms with Gasteiger partial charge in [0, 0.05) is 38.1 Å². The Morgan fingerprint density at radius 2 is 1.59 bits per heavy atom. The van der Waals surface area contributed by atoms with Crippen LogP contribution in [0.4, 0.5) is 0 Å². The van der Waals surface area contributed by atoms with Crippen molar-refractivity contribution in [2.24, 2.45) is 11.8 Å². The number of likely N-dealkylation sites (tertiary alicyclic amines) is 2. The summed E-state index contributed by atoms with van der Waals surface area (Å²) in [5, 5.41) is 0. The first kappa shape index (κ1) is 19.7. The molecule has 2 aliphatic heterocycles. The van der Waals surface area contributed by atoms with Gasteiger partial charge in [-0.3, -0.25) is 4.79 Å². The quantitative estimate of drug-likeness (QED) is 0.678. The standard InChI is InChI=1S/C23H41N3O/c27-23(21-9-6-10-21)26(17-16-24-13-4-1-5-14-24)19-20-8-7-15-25(18-20)22-11-2-3-12-22/h20-22H,1-19H2. The minimum absolute atomic E-state index is 0.348. The van der Waals surface area contributed by atoms with E-state index in [0.29, 0.717) is 17.7 Å². The van der Waals surface area contributed by atoms with Crippen LogP contribution >= 0.6 is 0 Å². The van der Waals surface area contributed by atoms with Crippen LogP contribution in [0, 0.1) is 11.8 Å². The van der Waals surface area contributed by atoms with Crippen molar-refractivity contribution >= 4 is 5.91 Å². The number of hydrogen-bond acceptors (Lipinski definition) is 3. The first-order chi connectivity index (χ1) is 13.3. The molecule has 154 valence electrons. The summed E-state index contributed by atoms with van der Waals surface area (Å²) in [5.74, 6) is 1.53. The maximum atomic E-state index is 13.1. The van der Waals surface area contributed by atoms with E-state index >= 15 is 0 Å². The molecule has 1 atom stereocenters. The van der Waals surface area contributed by atoms with E-state index in [-0.39, 0.29) is 0 Å². The van der Waals surface area contributed by atoms with Gasteiger partial charge in [-0.1, -0.05) is 25.7 Å². The van der Waals surface area contributed by atoms with Crippen LogP contribution in [-0.4, -0.2) is 72.5 Å². The van der Waals surface area contributed by atoms with Gasteiger partial charge in [-0.15, -0.1) is 0 Å². The molecule has 4 heteroatoms. The summed E-state index contributed by atoms with van der Waals surface area (Å²) in [7, 11) is 0.